The largest absolute Gasteiger partial charge is 0.310 e. The Morgan fingerprint density at radius 2 is 1.93 bits per heavy atom. The van der Waals surface area contributed by atoms with Crippen LogP contribution in [-0.4, -0.2) is 21.5 Å². The van der Waals surface area contributed by atoms with Gasteiger partial charge >= 0.3 is 0 Å². The fourth-order valence-electron chi connectivity index (χ4n) is 3.48. The van der Waals surface area contributed by atoms with E-state index in [-0.39, 0.29) is 18.1 Å². The number of amides is 1. The molecule has 1 aliphatic rings. The molecule has 4 rings (SSSR count). The molecule has 1 aliphatic heterocycles. The van der Waals surface area contributed by atoms with E-state index in [1.54, 1.807) is 22.9 Å². The average molecular weight is 380 g/mol. The Labute approximate surface area is 162 Å². The number of nitrogens with one attached hydrogen (secondary N) is 1. The van der Waals surface area contributed by atoms with Crippen molar-refractivity contribution in [3.63, 3.8) is 0 Å². The van der Waals surface area contributed by atoms with E-state index in [0.717, 1.165) is 22.5 Å². The molecule has 0 saturated heterocycles. The molecule has 1 atom stereocenters. The summed E-state index contributed by atoms with van der Waals surface area (Å²) in [5, 5.41) is 8.09. The van der Waals surface area contributed by atoms with Crippen LogP contribution in [0.15, 0.2) is 48.5 Å². The topological polar surface area (TPSA) is 64.0 Å². The lowest BCUT2D eigenvalue weighted by Gasteiger charge is -2.23. The number of Topliss-reactive ketones (excluding diaryl/α,β-unsaturated/α-hetero) is 1. The zero-order chi connectivity index (χ0) is 19.1. The number of halogens is 1. The van der Waals surface area contributed by atoms with Gasteiger partial charge in [0.2, 0.25) is 5.91 Å². The van der Waals surface area contributed by atoms with Gasteiger partial charge in [-0.25, -0.2) is 4.68 Å². The number of aromatic nitrogens is 2. The summed E-state index contributed by atoms with van der Waals surface area (Å²) in [4.78, 5) is 25.4. The molecule has 0 bridgehead atoms. The number of fused-ring (bicyclic) bond motifs is 1. The number of hydrogen-bond acceptors (Lipinski definition) is 3. The average Bonchev–Trinajstić information content (AvgIpc) is 3.00. The highest BCUT2D eigenvalue weighted by molar-refractivity contribution is 6.31. The first kappa shape index (κ1) is 17.5. The normalized spacial score (nSPS) is 16.0. The van der Waals surface area contributed by atoms with Crippen LogP contribution in [0.1, 0.15) is 39.5 Å². The molecule has 1 N–H and O–H groups in total. The number of anilines is 1. The smallest absolute Gasteiger partial charge is 0.226 e. The molecular formula is C21H18ClN3O2. The fourth-order valence-corrected chi connectivity index (χ4v) is 3.65. The van der Waals surface area contributed by atoms with Crippen LogP contribution in [0.5, 0.6) is 0 Å². The van der Waals surface area contributed by atoms with Gasteiger partial charge in [0.1, 0.15) is 5.82 Å². The molecule has 2 heterocycles. The molecule has 2 aromatic carbocycles. The Morgan fingerprint density at radius 3 is 2.63 bits per heavy atom. The van der Waals surface area contributed by atoms with Crippen molar-refractivity contribution in [1.29, 1.82) is 0 Å². The highest BCUT2D eigenvalue weighted by Crippen LogP contribution is 2.38. The number of nitrogens with zero attached hydrogens (tertiary/aromatic N) is 2. The van der Waals surface area contributed by atoms with Gasteiger partial charge in [-0.15, -0.1) is 0 Å². The molecule has 1 aromatic heterocycles. The van der Waals surface area contributed by atoms with Crippen molar-refractivity contribution in [1.82, 2.24) is 9.78 Å². The van der Waals surface area contributed by atoms with E-state index in [2.05, 4.69) is 10.4 Å². The summed E-state index contributed by atoms with van der Waals surface area (Å²) in [6.07, 6.45) is 0.113. The fraction of sp³-hybridized carbons (Fsp3) is 0.190. The molecule has 1 amide bonds. The van der Waals surface area contributed by atoms with Crippen LogP contribution in [-0.2, 0) is 4.79 Å². The lowest BCUT2D eigenvalue weighted by atomic mass is 9.85. The van der Waals surface area contributed by atoms with Gasteiger partial charge in [0.15, 0.2) is 5.78 Å². The number of rotatable bonds is 3. The molecule has 0 fully saturated rings. The van der Waals surface area contributed by atoms with Crippen LogP contribution in [0.3, 0.4) is 0 Å². The van der Waals surface area contributed by atoms with Gasteiger partial charge in [0, 0.05) is 22.6 Å². The van der Waals surface area contributed by atoms with E-state index in [0.29, 0.717) is 16.4 Å². The maximum atomic E-state index is 13.1. The maximum absolute atomic E-state index is 13.1. The summed E-state index contributed by atoms with van der Waals surface area (Å²) in [6, 6.07) is 14.6. The van der Waals surface area contributed by atoms with Crippen LogP contribution in [0, 0.1) is 13.8 Å². The van der Waals surface area contributed by atoms with Gasteiger partial charge in [-0.1, -0.05) is 48.0 Å². The summed E-state index contributed by atoms with van der Waals surface area (Å²) < 4.78 is 1.65. The first-order valence-electron chi connectivity index (χ1n) is 8.71. The van der Waals surface area contributed by atoms with Gasteiger partial charge < -0.3 is 5.32 Å². The third-order valence-corrected chi connectivity index (χ3v) is 5.28. The van der Waals surface area contributed by atoms with E-state index >= 15 is 0 Å². The first-order valence-corrected chi connectivity index (χ1v) is 9.08. The van der Waals surface area contributed by atoms with Gasteiger partial charge in [-0.2, -0.15) is 5.10 Å². The second kappa shape index (κ2) is 6.67. The molecule has 5 nitrogen and oxygen atoms in total. The Kier molecular flexibility index (Phi) is 4.32. The van der Waals surface area contributed by atoms with Gasteiger partial charge in [0.25, 0.3) is 0 Å². The molecule has 136 valence electrons. The Hall–Kier alpha value is -2.92. The number of carbonyl (C=O) groups excluding carboxylic acids is 2. The third kappa shape index (κ3) is 3.04. The minimum atomic E-state index is -0.550. The predicted molar refractivity (Wildman–Crippen MR) is 105 cm³/mol. The van der Waals surface area contributed by atoms with Crippen molar-refractivity contribution in [2.24, 2.45) is 0 Å². The number of hydrogen-bond donors (Lipinski definition) is 1. The highest BCUT2D eigenvalue weighted by atomic mass is 35.5. The summed E-state index contributed by atoms with van der Waals surface area (Å²) in [7, 11) is 0. The van der Waals surface area contributed by atoms with Crippen LogP contribution >= 0.6 is 11.6 Å². The molecular weight excluding hydrogens is 362 g/mol. The Balaban J connectivity index is 1.83. The van der Waals surface area contributed by atoms with E-state index in [4.69, 9.17) is 11.6 Å². The van der Waals surface area contributed by atoms with Gasteiger partial charge in [-0.3, -0.25) is 9.59 Å². The second-order valence-corrected chi connectivity index (χ2v) is 7.14. The van der Waals surface area contributed by atoms with E-state index in [1.807, 2.05) is 44.2 Å². The SMILES string of the molecule is Cc1ccc(-n2nc(C)c3c2NC(=O)CC3C(=O)c2ccccc2)cc1Cl. The number of ketones is 1. The standard InChI is InChI=1S/C21H18ClN3O2/c1-12-8-9-15(10-17(12)22)25-21-19(13(2)24-25)16(11-18(26)23-21)20(27)14-6-4-3-5-7-14/h3-10,16H,11H2,1-2H3,(H,23,26). The van der Waals surface area contributed by atoms with Crippen molar-refractivity contribution in [2.75, 3.05) is 5.32 Å². The lowest BCUT2D eigenvalue weighted by Crippen LogP contribution is -2.28. The molecule has 6 heteroatoms. The van der Waals surface area contributed by atoms with Crippen molar-refractivity contribution in [3.8, 4) is 5.69 Å². The molecule has 27 heavy (non-hydrogen) atoms. The Morgan fingerprint density at radius 1 is 1.19 bits per heavy atom. The summed E-state index contributed by atoms with van der Waals surface area (Å²) in [5.74, 6) is -0.281. The summed E-state index contributed by atoms with van der Waals surface area (Å²) in [5.41, 5.74) is 3.77. The molecule has 0 aliphatic carbocycles. The van der Waals surface area contributed by atoms with Gasteiger partial charge in [-0.05, 0) is 31.5 Å². The number of aryl methyl sites for hydroxylation is 2. The summed E-state index contributed by atoms with van der Waals surface area (Å²) >= 11 is 6.26. The van der Waals surface area contributed by atoms with Crippen LogP contribution in [0.25, 0.3) is 5.69 Å². The number of benzene rings is 2. The van der Waals surface area contributed by atoms with E-state index < -0.39 is 5.92 Å². The third-order valence-electron chi connectivity index (χ3n) is 4.88. The zero-order valence-corrected chi connectivity index (χ0v) is 15.7. The van der Waals surface area contributed by atoms with E-state index in [1.165, 1.54) is 0 Å². The Bertz CT molecular complexity index is 1060. The van der Waals surface area contributed by atoms with Gasteiger partial charge in [0.05, 0.1) is 17.3 Å². The minimum absolute atomic E-state index is 0.0729. The van der Waals surface area contributed by atoms with Crippen molar-refractivity contribution < 1.29 is 9.59 Å². The monoisotopic (exact) mass is 379 g/mol. The quantitative estimate of drug-likeness (QED) is 0.684. The molecule has 3 aromatic rings. The molecule has 0 spiro atoms. The van der Waals surface area contributed by atoms with Crippen LogP contribution < -0.4 is 5.32 Å². The summed E-state index contributed by atoms with van der Waals surface area (Å²) in [6.45, 7) is 3.78. The van der Waals surface area contributed by atoms with Crippen molar-refractivity contribution >= 4 is 29.1 Å². The first-order chi connectivity index (χ1) is 13.0. The van der Waals surface area contributed by atoms with Crippen molar-refractivity contribution in [3.05, 3.63) is 75.9 Å². The second-order valence-electron chi connectivity index (χ2n) is 6.73. The maximum Gasteiger partial charge on any atom is 0.226 e. The predicted octanol–water partition coefficient (Wildman–Crippen LogP) is 4.45. The van der Waals surface area contributed by atoms with Crippen LogP contribution in [0.4, 0.5) is 5.82 Å². The number of carbonyl (C=O) groups is 2. The highest BCUT2D eigenvalue weighted by Gasteiger charge is 2.36. The molecule has 0 radical (unpaired) electrons. The van der Waals surface area contributed by atoms with E-state index in [9.17, 15) is 9.59 Å². The molecule has 1 unspecified atom stereocenters. The van der Waals surface area contributed by atoms with Crippen LogP contribution in [0.2, 0.25) is 5.02 Å². The van der Waals surface area contributed by atoms with Crippen molar-refractivity contribution in [2.45, 2.75) is 26.2 Å². The molecule has 0 saturated carbocycles. The lowest BCUT2D eigenvalue weighted by molar-refractivity contribution is -0.116. The zero-order valence-electron chi connectivity index (χ0n) is 15.0. The minimum Gasteiger partial charge on any atom is -0.310 e.